The van der Waals surface area contributed by atoms with Crippen LogP contribution in [0.15, 0.2) is 17.7 Å². The summed E-state index contributed by atoms with van der Waals surface area (Å²) in [6.45, 7) is 6.98. The van der Waals surface area contributed by atoms with Crippen molar-refractivity contribution >= 4 is 45.1 Å². The smallest absolute Gasteiger partial charge is 0 e. The van der Waals surface area contributed by atoms with Crippen LogP contribution in [0, 0.1) is 12.0 Å². The first-order valence-electron chi connectivity index (χ1n) is 4.12. The van der Waals surface area contributed by atoms with E-state index in [0.717, 1.165) is 12.3 Å². The third-order valence-corrected chi connectivity index (χ3v) is 3.17. The van der Waals surface area contributed by atoms with Crippen LogP contribution in [0.25, 0.3) is 0 Å². The van der Waals surface area contributed by atoms with Crippen molar-refractivity contribution in [2.75, 3.05) is 19.5 Å². The number of hydrogen-bond acceptors (Lipinski definition) is 0. The van der Waals surface area contributed by atoms with Gasteiger partial charge in [0.05, 0.1) is 0 Å². The molecule has 0 heterocycles. The Morgan fingerprint density at radius 3 is 2.20 bits per heavy atom. The molecule has 0 aromatic carbocycles. The van der Waals surface area contributed by atoms with Crippen LogP contribution in [-0.2, 0) is 21.7 Å². The molecular weight excluding hydrogens is 305 g/mol. The minimum Gasteiger partial charge on any atom is -0.269 e. The largest absolute Gasteiger partial charge is 0.269 e. The van der Waals surface area contributed by atoms with Crippen molar-refractivity contribution in [3.63, 3.8) is 0 Å². The average molecular weight is 324 g/mol. The molecule has 0 aromatic rings. The molecule has 0 saturated heterocycles. The van der Waals surface area contributed by atoms with E-state index in [2.05, 4.69) is 38.5 Å². The molecule has 1 rings (SSSR count). The molecule has 90 valence electrons. The average Bonchev–Trinajstić information content (AvgIpc) is 2.35. The maximum Gasteiger partial charge on any atom is 0 e. The zero-order chi connectivity index (χ0) is 8.27. The third-order valence-electron chi connectivity index (χ3n) is 1.89. The van der Waals surface area contributed by atoms with E-state index >= 15 is 0 Å². The number of allylic oxidation sites excluding steroid dienone is 4. The van der Waals surface area contributed by atoms with Gasteiger partial charge in [-0.3, -0.25) is 6.08 Å². The molecular formula is C10H19Cl3PTi-. The van der Waals surface area contributed by atoms with E-state index < -0.39 is 0 Å². The van der Waals surface area contributed by atoms with Gasteiger partial charge in [-0.05, 0) is 25.4 Å². The Morgan fingerprint density at radius 1 is 1.33 bits per heavy atom. The number of rotatable bonds is 3. The van der Waals surface area contributed by atoms with E-state index in [0.29, 0.717) is 0 Å². The first-order valence-corrected chi connectivity index (χ1v) is 6.54. The van der Waals surface area contributed by atoms with Crippen molar-refractivity contribution in [2.24, 2.45) is 5.92 Å². The van der Waals surface area contributed by atoms with Crippen molar-refractivity contribution in [3.8, 4) is 0 Å². The Balaban J connectivity index is -0.000000151. The van der Waals surface area contributed by atoms with Gasteiger partial charge in [0.25, 0.3) is 0 Å². The Labute approximate surface area is 129 Å². The maximum absolute atomic E-state index is 3.38. The Morgan fingerprint density at radius 2 is 1.87 bits per heavy atom. The van der Waals surface area contributed by atoms with Crippen LogP contribution in [0.4, 0.5) is 0 Å². The zero-order valence-corrected chi connectivity index (χ0v) is 14.2. The van der Waals surface area contributed by atoms with Crippen LogP contribution in [0.5, 0.6) is 0 Å². The summed E-state index contributed by atoms with van der Waals surface area (Å²) in [5, 5.41) is 0. The normalized spacial score (nSPS) is 14.0. The van der Waals surface area contributed by atoms with Gasteiger partial charge in [0.1, 0.15) is 0 Å². The molecule has 0 bridgehead atoms. The van der Waals surface area contributed by atoms with Crippen LogP contribution < -0.4 is 0 Å². The fraction of sp³-hybridized carbons (Fsp3) is 0.600. The summed E-state index contributed by atoms with van der Waals surface area (Å²) in [6, 6.07) is 0. The van der Waals surface area contributed by atoms with E-state index in [1.54, 1.807) is 0 Å². The molecule has 1 atom stereocenters. The van der Waals surface area contributed by atoms with Gasteiger partial charge >= 0.3 is 0 Å². The van der Waals surface area contributed by atoms with Crippen molar-refractivity contribution in [1.29, 1.82) is 0 Å². The van der Waals surface area contributed by atoms with E-state index in [4.69, 9.17) is 0 Å². The van der Waals surface area contributed by atoms with Gasteiger partial charge in [-0.15, -0.1) is 51.6 Å². The molecule has 0 saturated carbocycles. The van der Waals surface area contributed by atoms with Gasteiger partial charge < -0.3 is 0 Å². The number of halogens is 3. The van der Waals surface area contributed by atoms with Gasteiger partial charge in [-0.25, -0.2) is 11.6 Å². The molecule has 0 N–H and O–H groups in total. The molecule has 5 heteroatoms. The molecule has 0 aliphatic heterocycles. The van der Waals surface area contributed by atoms with Crippen molar-refractivity contribution in [3.05, 3.63) is 23.8 Å². The number of hydrogen-bond donors (Lipinski definition) is 0. The summed E-state index contributed by atoms with van der Waals surface area (Å²) in [4.78, 5) is 0. The van der Waals surface area contributed by atoms with Gasteiger partial charge in [-0.2, -0.15) is 6.08 Å². The van der Waals surface area contributed by atoms with E-state index in [1.165, 1.54) is 11.7 Å². The molecule has 0 radical (unpaired) electrons. The van der Waals surface area contributed by atoms with Crippen LogP contribution in [0.1, 0.15) is 13.3 Å². The second kappa shape index (κ2) is 13.6. The van der Waals surface area contributed by atoms with Crippen LogP contribution in [0.2, 0.25) is 0 Å². The van der Waals surface area contributed by atoms with Crippen LogP contribution >= 0.6 is 45.1 Å². The molecule has 1 aliphatic carbocycles. The summed E-state index contributed by atoms with van der Waals surface area (Å²) in [6.07, 6.45) is 10.2. The van der Waals surface area contributed by atoms with Crippen LogP contribution in [0.3, 0.4) is 0 Å². The van der Waals surface area contributed by atoms with Crippen molar-refractivity contribution in [2.45, 2.75) is 13.3 Å². The molecule has 1 aliphatic rings. The van der Waals surface area contributed by atoms with E-state index in [9.17, 15) is 0 Å². The van der Waals surface area contributed by atoms with Gasteiger partial charge in [-0.1, -0.05) is 6.92 Å². The fourth-order valence-electron chi connectivity index (χ4n) is 1.41. The summed E-state index contributed by atoms with van der Waals surface area (Å²) >= 11 is 0. The minimum absolute atomic E-state index is 0. The van der Waals surface area contributed by atoms with E-state index in [1.807, 2.05) is 0 Å². The molecule has 0 amide bonds. The van der Waals surface area contributed by atoms with Crippen molar-refractivity contribution in [1.82, 2.24) is 0 Å². The Bertz CT molecular complexity index is 193. The molecule has 0 fully saturated rings. The Kier molecular flexibility index (Phi) is 22.9. The standard InChI is InChI=1S/C10H16P.3ClH.Ti/c1-9(8-11(2)3)10-6-4-5-7-10;;;;/h4,6,9H,5,8H2,1-3H3;3*1H;/q-1;;;;. The molecule has 0 spiro atoms. The fourth-order valence-corrected chi connectivity index (χ4v) is 2.70. The quantitative estimate of drug-likeness (QED) is 0.412. The van der Waals surface area contributed by atoms with Gasteiger partial charge in [0, 0.05) is 21.7 Å². The Hall–Kier alpha value is 1.49. The predicted molar refractivity (Wildman–Crippen MR) is 75.1 cm³/mol. The zero-order valence-electron chi connectivity index (χ0n) is 9.32. The minimum atomic E-state index is 0. The second-order valence-electron chi connectivity index (χ2n) is 3.40. The molecule has 0 nitrogen and oxygen atoms in total. The molecule has 15 heavy (non-hydrogen) atoms. The monoisotopic (exact) mass is 323 g/mol. The predicted octanol–water partition coefficient (Wildman–Crippen LogP) is 4.32. The maximum atomic E-state index is 3.38. The van der Waals surface area contributed by atoms with Gasteiger partial charge in [0.15, 0.2) is 0 Å². The summed E-state index contributed by atoms with van der Waals surface area (Å²) in [5.74, 6) is 0.731. The topological polar surface area (TPSA) is 0 Å². The van der Waals surface area contributed by atoms with Crippen LogP contribution in [-0.4, -0.2) is 19.5 Å². The summed E-state index contributed by atoms with van der Waals surface area (Å²) in [7, 11) is 0.249. The summed E-state index contributed by atoms with van der Waals surface area (Å²) < 4.78 is 0. The summed E-state index contributed by atoms with van der Waals surface area (Å²) in [5.41, 5.74) is 1.43. The second-order valence-corrected chi connectivity index (χ2v) is 5.93. The SMILES string of the molecule is CC(CP(C)C)C1=[C-]CC=C1.Cl.Cl.Cl.[Ti]. The molecule has 1 unspecified atom stereocenters. The van der Waals surface area contributed by atoms with E-state index in [-0.39, 0.29) is 66.9 Å². The third kappa shape index (κ3) is 10.4. The van der Waals surface area contributed by atoms with Crippen molar-refractivity contribution < 1.29 is 21.7 Å². The first kappa shape index (κ1) is 25.4. The molecule has 0 aromatic heterocycles. The first-order chi connectivity index (χ1) is 5.20. The van der Waals surface area contributed by atoms with Gasteiger partial charge in [0.2, 0.25) is 0 Å².